The number of hydrogen-bond acceptors (Lipinski definition) is 3. The third kappa shape index (κ3) is 4.41. The number of fused-ring (bicyclic) bond motifs is 1. The Hall–Kier alpha value is -3.51. The first kappa shape index (κ1) is 21.7. The van der Waals surface area contributed by atoms with E-state index in [2.05, 4.69) is 10.3 Å². The maximum absolute atomic E-state index is 13.9. The van der Waals surface area contributed by atoms with Crippen molar-refractivity contribution in [1.82, 2.24) is 0 Å². The Morgan fingerprint density at radius 1 is 1.12 bits per heavy atom. The Balaban J connectivity index is 1.70. The molecule has 0 spiro atoms. The summed E-state index contributed by atoms with van der Waals surface area (Å²) in [5.74, 6) is -1.18. The topological polar surface area (TPSA) is 61.8 Å². The lowest BCUT2D eigenvalue weighted by atomic mass is 10.00. The quantitative estimate of drug-likeness (QED) is 0.609. The average molecular weight is 450 g/mol. The van der Waals surface area contributed by atoms with Gasteiger partial charge in [0.25, 0.3) is 5.91 Å². The van der Waals surface area contributed by atoms with Crippen LogP contribution >= 0.6 is 11.6 Å². The third-order valence-corrected chi connectivity index (χ3v) is 5.49. The Bertz CT molecular complexity index is 1230. The molecule has 0 bridgehead atoms. The molecule has 0 radical (unpaired) electrons. The molecule has 0 unspecified atom stereocenters. The Kier molecular flexibility index (Phi) is 6.06. The van der Waals surface area contributed by atoms with Crippen molar-refractivity contribution in [2.24, 2.45) is 4.99 Å². The number of aliphatic imine (C=N–C) groups is 1. The molecule has 0 fully saturated rings. The van der Waals surface area contributed by atoms with Crippen molar-refractivity contribution in [2.75, 3.05) is 16.8 Å². The van der Waals surface area contributed by atoms with Crippen LogP contribution in [0.2, 0.25) is 5.02 Å². The van der Waals surface area contributed by atoms with Crippen LogP contribution in [0.15, 0.2) is 71.7 Å². The van der Waals surface area contributed by atoms with Crippen molar-refractivity contribution in [3.8, 4) is 0 Å². The van der Waals surface area contributed by atoms with Gasteiger partial charge in [0.1, 0.15) is 18.4 Å². The number of carbonyl (C=O) groups is 2. The van der Waals surface area contributed by atoms with Crippen molar-refractivity contribution in [3.05, 3.63) is 94.3 Å². The van der Waals surface area contributed by atoms with E-state index in [1.807, 2.05) is 30.3 Å². The van der Waals surface area contributed by atoms with Crippen LogP contribution in [0.1, 0.15) is 23.6 Å². The fourth-order valence-electron chi connectivity index (χ4n) is 3.60. The van der Waals surface area contributed by atoms with E-state index in [1.54, 1.807) is 44.2 Å². The number of carbonyl (C=O) groups excluding carboxylic acids is 2. The number of anilines is 2. The van der Waals surface area contributed by atoms with Crippen molar-refractivity contribution in [3.63, 3.8) is 0 Å². The maximum Gasteiger partial charge on any atom is 0.252 e. The summed E-state index contributed by atoms with van der Waals surface area (Å²) >= 11 is 6.27. The summed E-state index contributed by atoms with van der Waals surface area (Å²) in [4.78, 5) is 32.0. The minimum absolute atomic E-state index is 0.245. The summed E-state index contributed by atoms with van der Waals surface area (Å²) < 4.78 is 13.9. The van der Waals surface area contributed by atoms with Gasteiger partial charge in [0, 0.05) is 21.8 Å². The van der Waals surface area contributed by atoms with Gasteiger partial charge < -0.3 is 10.2 Å². The van der Waals surface area contributed by atoms with Crippen molar-refractivity contribution in [2.45, 2.75) is 19.9 Å². The predicted octanol–water partition coefficient (Wildman–Crippen LogP) is 5.00. The number of rotatable bonds is 4. The first-order valence-corrected chi connectivity index (χ1v) is 10.5. The lowest BCUT2D eigenvalue weighted by Gasteiger charge is -2.24. The molecule has 5 nitrogen and oxygen atoms in total. The number of nitrogens with zero attached hydrogens (tertiary/aromatic N) is 2. The molecule has 7 heteroatoms. The summed E-state index contributed by atoms with van der Waals surface area (Å²) in [6.45, 7) is 3.09. The van der Waals surface area contributed by atoms with E-state index in [9.17, 15) is 14.0 Å². The highest BCUT2D eigenvalue weighted by Crippen LogP contribution is 2.31. The van der Waals surface area contributed by atoms with Gasteiger partial charge >= 0.3 is 0 Å². The number of benzodiazepines with no additional fused rings is 1. The molecular formula is C25H21ClFN3O2. The first-order chi connectivity index (χ1) is 15.3. The van der Waals surface area contributed by atoms with Gasteiger partial charge in [-0.2, -0.15) is 0 Å². The minimum Gasteiger partial charge on any atom is -0.324 e. The highest BCUT2D eigenvalue weighted by Gasteiger charge is 2.31. The highest BCUT2D eigenvalue weighted by molar-refractivity contribution is 6.32. The smallest absolute Gasteiger partial charge is 0.252 e. The second kappa shape index (κ2) is 8.93. The molecule has 3 aromatic rings. The largest absolute Gasteiger partial charge is 0.324 e. The highest BCUT2D eigenvalue weighted by atomic mass is 35.5. The summed E-state index contributed by atoms with van der Waals surface area (Å²) in [5, 5.41) is 3.16. The summed E-state index contributed by atoms with van der Waals surface area (Å²) in [6.07, 6.45) is 0. The van der Waals surface area contributed by atoms with E-state index in [1.165, 1.54) is 11.0 Å². The van der Waals surface area contributed by atoms with Crippen LogP contribution in [-0.4, -0.2) is 30.1 Å². The van der Waals surface area contributed by atoms with Crippen LogP contribution in [0.5, 0.6) is 0 Å². The Morgan fingerprint density at radius 3 is 2.59 bits per heavy atom. The molecule has 1 aliphatic rings. The van der Waals surface area contributed by atoms with Gasteiger partial charge in [-0.3, -0.25) is 14.6 Å². The van der Waals surface area contributed by atoms with E-state index >= 15 is 0 Å². The predicted molar refractivity (Wildman–Crippen MR) is 125 cm³/mol. The molecule has 0 saturated carbocycles. The molecule has 32 heavy (non-hydrogen) atoms. The first-order valence-electron chi connectivity index (χ1n) is 10.1. The number of nitrogens with one attached hydrogen (secondary N) is 1. The van der Waals surface area contributed by atoms with Gasteiger partial charge in [-0.1, -0.05) is 48.0 Å². The zero-order valence-electron chi connectivity index (χ0n) is 17.6. The normalized spacial score (nSPS) is 15.6. The molecule has 0 aromatic heterocycles. The summed E-state index contributed by atoms with van der Waals surface area (Å²) in [6, 6.07) is 18.4. The third-order valence-electron chi connectivity index (χ3n) is 5.26. The van der Waals surface area contributed by atoms with Gasteiger partial charge in [0.05, 0.1) is 11.4 Å². The van der Waals surface area contributed by atoms with Gasteiger partial charge in [-0.25, -0.2) is 4.39 Å². The fourth-order valence-corrected chi connectivity index (χ4v) is 3.77. The Labute approximate surface area is 190 Å². The van der Waals surface area contributed by atoms with E-state index < -0.39 is 17.8 Å². The van der Waals surface area contributed by atoms with Crippen molar-refractivity contribution in [1.29, 1.82) is 0 Å². The van der Waals surface area contributed by atoms with Crippen molar-refractivity contribution < 1.29 is 14.0 Å². The molecular weight excluding hydrogens is 429 g/mol. The molecule has 1 heterocycles. The summed E-state index contributed by atoms with van der Waals surface area (Å²) in [7, 11) is 0. The lowest BCUT2D eigenvalue weighted by Crippen LogP contribution is -2.42. The molecule has 2 amide bonds. The fraction of sp³-hybridized carbons (Fsp3) is 0.160. The monoisotopic (exact) mass is 449 g/mol. The van der Waals surface area contributed by atoms with Gasteiger partial charge in [-0.15, -0.1) is 0 Å². The van der Waals surface area contributed by atoms with E-state index in [-0.39, 0.29) is 12.5 Å². The number of hydrogen-bond donors (Lipinski definition) is 1. The van der Waals surface area contributed by atoms with E-state index in [0.29, 0.717) is 33.2 Å². The van der Waals surface area contributed by atoms with Gasteiger partial charge in [-0.05, 0) is 49.7 Å². The van der Waals surface area contributed by atoms with E-state index in [0.717, 1.165) is 5.56 Å². The molecule has 3 aromatic carbocycles. The van der Waals surface area contributed by atoms with Crippen molar-refractivity contribution >= 4 is 40.5 Å². The number of amides is 2. The number of benzene rings is 3. The molecule has 0 aliphatic carbocycles. The molecule has 1 aliphatic heterocycles. The molecule has 4 rings (SSSR count). The van der Waals surface area contributed by atoms with Gasteiger partial charge in [0.2, 0.25) is 5.91 Å². The standard InChI is InChI=1S/C25H21ClFN3O2/c1-15-8-10-19(13-21(15)27)29-23(31)14-30-22-11-9-18(26)12-20(22)24(28-16(2)25(30)32)17-6-4-3-5-7-17/h3-13,16H,14H2,1-2H3,(H,29,31)/t16-/m0/s1. The van der Waals surface area contributed by atoms with Crippen LogP contribution in [0.25, 0.3) is 0 Å². The second-order valence-corrected chi connectivity index (χ2v) is 8.05. The lowest BCUT2D eigenvalue weighted by molar-refractivity contribution is -0.122. The summed E-state index contributed by atoms with van der Waals surface area (Å²) in [5.41, 5.74) is 3.48. The molecule has 1 atom stereocenters. The van der Waals surface area contributed by atoms with E-state index in [4.69, 9.17) is 11.6 Å². The van der Waals surface area contributed by atoms with Crippen LogP contribution in [0.4, 0.5) is 15.8 Å². The minimum atomic E-state index is -0.707. The maximum atomic E-state index is 13.9. The average Bonchev–Trinajstić information content (AvgIpc) is 2.87. The van der Waals surface area contributed by atoms with Crippen LogP contribution in [0, 0.1) is 12.7 Å². The number of halogens is 2. The zero-order chi connectivity index (χ0) is 22.8. The Morgan fingerprint density at radius 2 is 1.88 bits per heavy atom. The van der Waals surface area contributed by atoms with Gasteiger partial charge in [0.15, 0.2) is 0 Å². The molecule has 1 N–H and O–H groups in total. The number of aryl methyl sites for hydroxylation is 1. The SMILES string of the molecule is Cc1ccc(NC(=O)CN2C(=O)[C@H](C)N=C(c3ccccc3)c3cc(Cl)ccc32)cc1F. The second-order valence-electron chi connectivity index (χ2n) is 7.62. The zero-order valence-corrected chi connectivity index (χ0v) is 18.4. The molecule has 0 saturated heterocycles. The van der Waals surface area contributed by atoms with Crippen LogP contribution in [-0.2, 0) is 9.59 Å². The van der Waals surface area contributed by atoms with Crippen LogP contribution < -0.4 is 10.2 Å². The van der Waals surface area contributed by atoms with Crippen LogP contribution in [0.3, 0.4) is 0 Å². The molecule has 162 valence electrons.